The monoisotopic (exact) mass is 397 g/mol. The first-order chi connectivity index (χ1) is 12.7. The van der Waals surface area contributed by atoms with Crippen molar-refractivity contribution in [3.05, 3.63) is 34.6 Å². The van der Waals surface area contributed by atoms with Gasteiger partial charge in [-0.05, 0) is 30.2 Å². The van der Waals surface area contributed by atoms with E-state index >= 15 is 0 Å². The van der Waals surface area contributed by atoms with E-state index in [1.54, 1.807) is 4.90 Å². The summed E-state index contributed by atoms with van der Waals surface area (Å²) in [5, 5.41) is 13.3. The molecule has 0 saturated carbocycles. The molecule has 0 aliphatic carbocycles. The number of hydrogen-bond donors (Lipinski definition) is 2. The van der Waals surface area contributed by atoms with Gasteiger partial charge in [0, 0.05) is 44.5 Å². The van der Waals surface area contributed by atoms with Crippen molar-refractivity contribution in [2.75, 3.05) is 19.6 Å². The first-order valence-electron chi connectivity index (χ1n) is 8.73. The van der Waals surface area contributed by atoms with Crippen LogP contribution in [-0.2, 0) is 20.9 Å². The predicted molar refractivity (Wildman–Crippen MR) is 95.2 cm³/mol. The molecule has 2 atom stereocenters. The van der Waals surface area contributed by atoms with Crippen molar-refractivity contribution < 1.29 is 23.9 Å². The Morgan fingerprint density at radius 1 is 1.37 bits per heavy atom. The van der Waals surface area contributed by atoms with Crippen LogP contribution in [-0.4, -0.2) is 63.9 Å². The number of likely N-dealkylation sites (tertiary alicyclic amines) is 2. The third kappa shape index (κ3) is 3.91. The number of halogens is 2. The van der Waals surface area contributed by atoms with Gasteiger partial charge < -0.3 is 20.2 Å². The summed E-state index contributed by atoms with van der Waals surface area (Å²) < 4.78 is 13.4. The lowest BCUT2D eigenvalue weighted by molar-refractivity contribution is -0.155. The van der Waals surface area contributed by atoms with Crippen LogP contribution in [0.15, 0.2) is 18.2 Å². The maximum Gasteiger partial charge on any atom is 0.264 e. The summed E-state index contributed by atoms with van der Waals surface area (Å²) in [5.41, 5.74) is -1.73. The van der Waals surface area contributed by atoms with Crippen molar-refractivity contribution in [3.63, 3.8) is 0 Å². The Balaban J connectivity index is 1.63. The van der Waals surface area contributed by atoms with Crippen LogP contribution in [0.4, 0.5) is 4.39 Å². The Labute approximate surface area is 161 Å². The molecule has 1 unspecified atom stereocenters. The van der Waals surface area contributed by atoms with Crippen LogP contribution >= 0.6 is 11.6 Å². The van der Waals surface area contributed by atoms with Gasteiger partial charge in [0.1, 0.15) is 5.82 Å². The highest BCUT2D eigenvalue weighted by molar-refractivity contribution is 6.30. The summed E-state index contributed by atoms with van der Waals surface area (Å²) in [5.74, 6) is -2.08. The van der Waals surface area contributed by atoms with Crippen molar-refractivity contribution in [3.8, 4) is 0 Å². The number of rotatable bonds is 4. The molecule has 2 fully saturated rings. The maximum atomic E-state index is 13.4. The second-order valence-corrected chi connectivity index (χ2v) is 7.41. The highest BCUT2D eigenvalue weighted by atomic mass is 35.5. The second kappa shape index (κ2) is 7.44. The molecule has 2 saturated heterocycles. The molecule has 2 aliphatic heterocycles. The molecule has 0 bridgehead atoms. The van der Waals surface area contributed by atoms with Crippen molar-refractivity contribution >= 4 is 29.3 Å². The highest BCUT2D eigenvalue weighted by Gasteiger charge is 2.53. The predicted octanol–water partition coefficient (Wildman–Crippen LogP) is 0.679. The minimum absolute atomic E-state index is 0.0296. The molecule has 3 rings (SSSR count). The van der Waals surface area contributed by atoms with Gasteiger partial charge in [0.2, 0.25) is 11.5 Å². The molecule has 9 heteroatoms. The number of carbonyl (C=O) groups excluding carboxylic acids is 3. The van der Waals surface area contributed by atoms with E-state index in [1.165, 1.54) is 24.0 Å². The zero-order valence-corrected chi connectivity index (χ0v) is 15.6. The van der Waals surface area contributed by atoms with Crippen LogP contribution in [0.3, 0.4) is 0 Å². The van der Waals surface area contributed by atoms with Crippen LogP contribution in [0.25, 0.3) is 0 Å². The number of nitrogens with one attached hydrogen (secondary N) is 1. The van der Waals surface area contributed by atoms with Crippen LogP contribution in [0, 0.1) is 5.82 Å². The molecule has 2 aliphatic rings. The van der Waals surface area contributed by atoms with Crippen LogP contribution in [0.5, 0.6) is 0 Å². The molecule has 1 aromatic carbocycles. The first kappa shape index (κ1) is 19.6. The minimum Gasteiger partial charge on any atom is -0.372 e. The number of amides is 3. The average Bonchev–Trinajstić information content (AvgIpc) is 3.18. The van der Waals surface area contributed by atoms with Crippen LogP contribution in [0.1, 0.15) is 25.3 Å². The number of benzene rings is 1. The van der Waals surface area contributed by atoms with Gasteiger partial charge in [-0.1, -0.05) is 11.6 Å². The van der Waals surface area contributed by atoms with Crippen molar-refractivity contribution in [2.45, 2.75) is 38.0 Å². The third-order valence-electron chi connectivity index (χ3n) is 5.13. The normalized spacial score (nSPS) is 25.2. The van der Waals surface area contributed by atoms with Gasteiger partial charge in [0.15, 0.2) is 0 Å². The van der Waals surface area contributed by atoms with Crippen LogP contribution < -0.4 is 5.32 Å². The lowest BCUT2D eigenvalue weighted by Crippen LogP contribution is -2.53. The molecule has 2 N–H and O–H groups in total. The Morgan fingerprint density at radius 2 is 2.11 bits per heavy atom. The van der Waals surface area contributed by atoms with E-state index in [0.717, 1.165) is 6.07 Å². The molecule has 146 valence electrons. The van der Waals surface area contributed by atoms with E-state index in [2.05, 4.69) is 5.32 Å². The summed E-state index contributed by atoms with van der Waals surface area (Å²) >= 11 is 5.78. The van der Waals surface area contributed by atoms with Gasteiger partial charge in [0.25, 0.3) is 11.8 Å². The maximum absolute atomic E-state index is 13.4. The third-order valence-corrected chi connectivity index (χ3v) is 5.35. The smallest absolute Gasteiger partial charge is 0.264 e. The lowest BCUT2D eigenvalue weighted by Gasteiger charge is -2.26. The van der Waals surface area contributed by atoms with Gasteiger partial charge in [-0.15, -0.1) is 0 Å². The zero-order chi connectivity index (χ0) is 19.8. The summed E-state index contributed by atoms with van der Waals surface area (Å²) in [7, 11) is 0. The Morgan fingerprint density at radius 3 is 2.74 bits per heavy atom. The molecule has 1 aromatic rings. The number of aliphatic hydroxyl groups is 1. The molecule has 0 radical (unpaired) electrons. The van der Waals surface area contributed by atoms with Crippen molar-refractivity contribution in [1.82, 2.24) is 15.1 Å². The lowest BCUT2D eigenvalue weighted by atomic mass is 10.0. The number of nitrogens with zero attached hydrogens (tertiary/aromatic N) is 2. The molecular formula is C18H21ClFN3O4. The Bertz CT molecular complexity index is 770. The van der Waals surface area contributed by atoms with Gasteiger partial charge in [-0.2, -0.15) is 0 Å². The summed E-state index contributed by atoms with van der Waals surface area (Å²) in [6.45, 7) is 2.60. The minimum atomic E-state index is -2.15. The van der Waals surface area contributed by atoms with Crippen molar-refractivity contribution in [1.29, 1.82) is 0 Å². The van der Waals surface area contributed by atoms with Gasteiger partial charge in [-0.3, -0.25) is 14.4 Å². The van der Waals surface area contributed by atoms with E-state index in [-0.39, 0.29) is 36.5 Å². The summed E-state index contributed by atoms with van der Waals surface area (Å²) in [6.07, 6.45) is 0.586. The molecule has 7 nitrogen and oxygen atoms in total. The Hall–Kier alpha value is -2.19. The molecule has 3 amide bonds. The van der Waals surface area contributed by atoms with Gasteiger partial charge in [-0.25, -0.2) is 4.39 Å². The van der Waals surface area contributed by atoms with Gasteiger partial charge >= 0.3 is 0 Å². The van der Waals surface area contributed by atoms with Crippen LogP contribution in [0.2, 0.25) is 5.02 Å². The zero-order valence-electron chi connectivity index (χ0n) is 14.9. The van der Waals surface area contributed by atoms with Gasteiger partial charge in [0.05, 0.1) is 6.04 Å². The topological polar surface area (TPSA) is 89.9 Å². The number of carbonyl (C=O) groups is 3. The highest BCUT2D eigenvalue weighted by Crippen LogP contribution is 2.28. The standard InChI is InChI=1S/C18H21ClFN3O4/c1-11(24)22-4-2-15(10-22)23-5-3-18(27,17(23)26)16(25)21-9-12-6-13(19)8-14(20)7-12/h6-8,15,27H,2-5,9-10H2,1H3,(H,21,25)/t15-,18?/m1/s1. The molecular weight excluding hydrogens is 377 g/mol. The quantitative estimate of drug-likeness (QED) is 0.731. The average molecular weight is 398 g/mol. The molecule has 2 heterocycles. The summed E-state index contributed by atoms with van der Waals surface area (Å²) in [6, 6.07) is 3.65. The fraction of sp³-hybridized carbons (Fsp3) is 0.500. The SMILES string of the molecule is CC(=O)N1CC[C@@H](N2CCC(O)(C(=O)NCc3cc(F)cc(Cl)c3)C2=O)C1. The molecule has 0 aromatic heterocycles. The number of hydrogen-bond acceptors (Lipinski definition) is 4. The molecule has 0 spiro atoms. The van der Waals surface area contributed by atoms with E-state index in [4.69, 9.17) is 11.6 Å². The van der Waals surface area contributed by atoms with E-state index in [1.807, 2.05) is 0 Å². The van der Waals surface area contributed by atoms with E-state index < -0.39 is 23.2 Å². The second-order valence-electron chi connectivity index (χ2n) is 6.98. The fourth-order valence-corrected chi connectivity index (χ4v) is 3.86. The fourth-order valence-electron chi connectivity index (χ4n) is 3.61. The summed E-state index contributed by atoms with van der Waals surface area (Å²) in [4.78, 5) is 39.7. The largest absolute Gasteiger partial charge is 0.372 e. The van der Waals surface area contributed by atoms with E-state index in [0.29, 0.717) is 25.1 Å². The first-order valence-corrected chi connectivity index (χ1v) is 9.11. The molecule has 27 heavy (non-hydrogen) atoms. The Kier molecular flexibility index (Phi) is 5.39. The van der Waals surface area contributed by atoms with Crippen molar-refractivity contribution in [2.24, 2.45) is 0 Å². The van der Waals surface area contributed by atoms with E-state index in [9.17, 15) is 23.9 Å².